The van der Waals surface area contributed by atoms with Crippen LogP contribution in [0.1, 0.15) is 44.0 Å². The first kappa shape index (κ1) is 22.5. The third-order valence-electron chi connectivity index (χ3n) is 6.12. The zero-order valence-corrected chi connectivity index (χ0v) is 19.7. The van der Waals surface area contributed by atoms with Crippen LogP contribution in [0.2, 0.25) is 0 Å². The van der Waals surface area contributed by atoms with Crippen molar-refractivity contribution in [3.8, 4) is 5.13 Å². The Morgan fingerprint density at radius 2 is 2.03 bits per heavy atom. The fourth-order valence-corrected chi connectivity index (χ4v) is 5.23. The van der Waals surface area contributed by atoms with E-state index in [0.717, 1.165) is 34.9 Å². The second-order valence-electron chi connectivity index (χ2n) is 8.63. The number of benzene rings is 1. The molecule has 1 aliphatic heterocycles. The molecule has 1 aliphatic rings. The van der Waals surface area contributed by atoms with Crippen LogP contribution in [0, 0.1) is 5.92 Å². The number of nitrogens with one attached hydrogen (secondary N) is 2. The van der Waals surface area contributed by atoms with Crippen LogP contribution >= 0.6 is 11.3 Å². The first-order valence-electron chi connectivity index (χ1n) is 11.3. The van der Waals surface area contributed by atoms with Gasteiger partial charge in [0.15, 0.2) is 5.13 Å². The number of rotatable bonds is 8. The molecule has 0 saturated carbocycles. The lowest BCUT2D eigenvalue weighted by molar-refractivity contribution is -0.124. The van der Waals surface area contributed by atoms with E-state index in [4.69, 9.17) is 0 Å². The Balaban J connectivity index is 1.43. The van der Waals surface area contributed by atoms with E-state index in [-0.39, 0.29) is 17.7 Å². The average molecular weight is 454 g/mol. The molecule has 4 rings (SSSR count). The summed E-state index contributed by atoms with van der Waals surface area (Å²) < 4.78 is 2.89. The maximum absolute atomic E-state index is 13.0. The van der Waals surface area contributed by atoms with E-state index in [1.807, 2.05) is 55.1 Å². The van der Waals surface area contributed by atoms with Crippen LogP contribution in [0.25, 0.3) is 15.3 Å². The van der Waals surface area contributed by atoms with Gasteiger partial charge in [0.2, 0.25) is 5.91 Å². The number of aromatic nitrogens is 2. The fraction of sp³-hybridized carbons (Fsp3) is 0.458. The number of amides is 2. The summed E-state index contributed by atoms with van der Waals surface area (Å²) in [4.78, 5) is 32.9. The molecule has 7 nitrogen and oxygen atoms in total. The lowest BCUT2D eigenvalue weighted by atomic mass is 10.0. The summed E-state index contributed by atoms with van der Waals surface area (Å²) in [5.74, 6) is -0.380. The highest BCUT2D eigenvalue weighted by Crippen LogP contribution is 2.26. The van der Waals surface area contributed by atoms with Crippen molar-refractivity contribution >= 4 is 33.4 Å². The van der Waals surface area contributed by atoms with E-state index in [1.165, 1.54) is 17.8 Å². The first-order chi connectivity index (χ1) is 15.5. The largest absolute Gasteiger partial charge is 0.353 e. The quantitative estimate of drug-likeness (QED) is 0.548. The second-order valence-corrected chi connectivity index (χ2v) is 9.64. The molecule has 170 valence electrons. The third kappa shape index (κ3) is 4.86. The number of thiazole rings is 1. The minimum Gasteiger partial charge on any atom is -0.353 e. The molecule has 3 aromatic rings. The molecule has 0 aliphatic carbocycles. The summed E-state index contributed by atoms with van der Waals surface area (Å²) in [6, 6.07) is 9.19. The van der Waals surface area contributed by atoms with Gasteiger partial charge in [-0.2, -0.15) is 0 Å². The molecule has 1 saturated heterocycles. The number of likely N-dealkylation sites (N-methyl/N-ethyl adjacent to an activating group) is 1. The Morgan fingerprint density at radius 1 is 1.25 bits per heavy atom. The normalized spacial score (nSPS) is 17.7. The van der Waals surface area contributed by atoms with Crippen molar-refractivity contribution in [3.05, 3.63) is 48.3 Å². The van der Waals surface area contributed by atoms with Gasteiger partial charge in [-0.1, -0.05) is 32.1 Å². The van der Waals surface area contributed by atoms with Crippen molar-refractivity contribution in [1.29, 1.82) is 0 Å². The van der Waals surface area contributed by atoms with Gasteiger partial charge in [0.1, 0.15) is 6.04 Å². The zero-order chi connectivity index (χ0) is 22.7. The van der Waals surface area contributed by atoms with Gasteiger partial charge < -0.3 is 15.2 Å². The van der Waals surface area contributed by atoms with Gasteiger partial charge in [-0.25, -0.2) is 4.98 Å². The summed E-state index contributed by atoms with van der Waals surface area (Å²) >= 11 is 1.53. The number of likely N-dealkylation sites (tertiary alicyclic amines) is 1. The molecule has 3 heterocycles. The van der Waals surface area contributed by atoms with Gasteiger partial charge in [-0.15, -0.1) is 0 Å². The van der Waals surface area contributed by atoms with Gasteiger partial charge in [-0.05, 0) is 62.2 Å². The smallest absolute Gasteiger partial charge is 0.251 e. The second kappa shape index (κ2) is 9.83. The molecule has 2 amide bonds. The van der Waals surface area contributed by atoms with Crippen LogP contribution in [0.3, 0.4) is 0 Å². The highest BCUT2D eigenvalue weighted by atomic mass is 32.1. The van der Waals surface area contributed by atoms with E-state index >= 15 is 0 Å². The van der Waals surface area contributed by atoms with Crippen molar-refractivity contribution in [2.75, 3.05) is 19.6 Å². The Labute approximate surface area is 192 Å². The van der Waals surface area contributed by atoms with Crippen molar-refractivity contribution in [1.82, 2.24) is 25.1 Å². The van der Waals surface area contributed by atoms with Crippen LogP contribution in [0.4, 0.5) is 0 Å². The predicted octanol–water partition coefficient (Wildman–Crippen LogP) is 3.44. The van der Waals surface area contributed by atoms with Gasteiger partial charge in [0, 0.05) is 30.5 Å². The molecule has 0 bridgehead atoms. The molecule has 1 aromatic carbocycles. The number of fused-ring (bicyclic) bond motifs is 1. The van der Waals surface area contributed by atoms with E-state index in [2.05, 4.69) is 27.4 Å². The van der Waals surface area contributed by atoms with Crippen molar-refractivity contribution in [2.45, 2.75) is 45.7 Å². The van der Waals surface area contributed by atoms with E-state index in [0.29, 0.717) is 18.2 Å². The molecule has 2 atom stereocenters. The van der Waals surface area contributed by atoms with E-state index < -0.39 is 6.04 Å². The molecule has 8 heteroatoms. The Morgan fingerprint density at radius 3 is 2.75 bits per heavy atom. The molecule has 32 heavy (non-hydrogen) atoms. The predicted molar refractivity (Wildman–Crippen MR) is 128 cm³/mol. The number of carbonyl (C=O) groups excluding carboxylic acids is 2. The van der Waals surface area contributed by atoms with Crippen LogP contribution < -0.4 is 10.6 Å². The Kier molecular flexibility index (Phi) is 6.91. The Bertz CT molecular complexity index is 1080. The number of hydrogen-bond acceptors (Lipinski definition) is 5. The van der Waals surface area contributed by atoms with Gasteiger partial charge in [0.25, 0.3) is 5.91 Å². The van der Waals surface area contributed by atoms with Crippen LogP contribution in [0.15, 0.2) is 42.7 Å². The van der Waals surface area contributed by atoms with Gasteiger partial charge >= 0.3 is 0 Å². The molecule has 0 unspecified atom stereocenters. The topological polar surface area (TPSA) is 79.3 Å². The van der Waals surface area contributed by atoms with Crippen molar-refractivity contribution < 1.29 is 9.59 Å². The average Bonchev–Trinajstić information content (AvgIpc) is 3.54. The standard InChI is InChI=1S/C24H31N5O2S/c1-4-28-13-7-8-18(28)15-25-23(31)21(16(2)3)27-22(30)17-9-10-19-20(14-17)32-24(26-19)29-11-5-6-12-29/h5-6,9-12,14,16,18,21H,4,7-8,13,15H2,1-3H3,(H,25,31)(H,27,30)/t18-,21+/m1/s1. The van der Waals surface area contributed by atoms with Gasteiger partial charge in [-0.3, -0.25) is 14.5 Å². The molecule has 0 radical (unpaired) electrons. The molecular formula is C24H31N5O2S. The van der Waals surface area contributed by atoms with Crippen molar-refractivity contribution in [2.24, 2.45) is 5.92 Å². The number of hydrogen-bond donors (Lipinski definition) is 2. The maximum atomic E-state index is 13.0. The molecular weight excluding hydrogens is 422 g/mol. The van der Waals surface area contributed by atoms with Gasteiger partial charge in [0.05, 0.1) is 10.2 Å². The zero-order valence-electron chi connectivity index (χ0n) is 18.9. The summed E-state index contributed by atoms with van der Waals surface area (Å²) in [6.45, 7) is 8.77. The monoisotopic (exact) mass is 453 g/mol. The lowest BCUT2D eigenvalue weighted by Gasteiger charge is -2.26. The van der Waals surface area contributed by atoms with Crippen LogP contribution in [-0.2, 0) is 4.79 Å². The van der Waals surface area contributed by atoms with Crippen LogP contribution in [-0.4, -0.2) is 58.0 Å². The molecule has 0 spiro atoms. The fourth-order valence-electron chi connectivity index (χ4n) is 4.26. The molecule has 1 fully saturated rings. The minimum atomic E-state index is -0.577. The molecule has 2 aromatic heterocycles. The SMILES string of the molecule is CCN1CCC[C@@H]1CNC(=O)[C@@H](NC(=O)c1ccc2nc(-n3cccc3)sc2c1)C(C)C. The van der Waals surface area contributed by atoms with E-state index in [9.17, 15) is 9.59 Å². The highest BCUT2D eigenvalue weighted by molar-refractivity contribution is 7.20. The number of carbonyl (C=O) groups is 2. The Hall–Kier alpha value is -2.71. The van der Waals surface area contributed by atoms with E-state index in [1.54, 1.807) is 6.07 Å². The van der Waals surface area contributed by atoms with Crippen LogP contribution in [0.5, 0.6) is 0 Å². The molecule has 2 N–H and O–H groups in total. The summed E-state index contributed by atoms with van der Waals surface area (Å²) in [5.41, 5.74) is 1.39. The highest BCUT2D eigenvalue weighted by Gasteiger charge is 2.28. The maximum Gasteiger partial charge on any atom is 0.251 e. The van der Waals surface area contributed by atoms with Crippen molar-refractivity contribution in [3.63, 3.8) is 0 Å². The lowest BCUT2D eigenvalue weighted by Crippen LogP contribution is -2.52. The third-order valence-corrected chi connectivity index (χ3v) is 7.15. The summed E-state index contributed by atoms with van der Waals surface area (Å²) in [5, 5.41) is 6.87. The summed E-state index contributed by atoms with van der Waals surface area (Å²) in [6.07, 6.45) is 6.17. The number of nitrogens with zero attached hydrogens (tertiary/aromatic N) is 3. The summed E-state index contributed by atoms with van der Waals surface area (Å²) in [7, 11) is 0. The minimum absolute atomic E-state index is 0.0164. The first-order valence-corrected chi connectivity index (χ1v) is 12.1.